The third kappa shape index (κ3) is 1.63. The fourth-order valence-corrected chi connectivity index (χ4v) is 2.29. The number of nitrogens with one attached hydrogen (secondary N) is 1. The summed E-state index contributed by atoms with van der Waals surface area (Å²) in [5.74, 6) is 0.897. The summed E-state index contributed by atoms with van der Waals surface area (Å²) in [6.45, 7) is 0. The molecule has 0 saturated carbocycles. The predicted molar refractivity (Wildman–Crippen MR) is 67.1 cm³/mol. The number of aromatic nitrogens is 2. The molecule has 0 aliphatic rings. The van der Waals surface area contributed by atoms with Gasteiger partial charge in [0.05, 0.1) is 16.6 Å². The molecule has 4 heteroatoms. The average Bonchev–Trinajstić information content (AvgIpc) is 2.74. The zero-order valence-corrected chi connectivity index (χ0v) is 9.24. The highest BCUT2D eigenvalue weighted by Gasteiger charge is 2.04. The second-order valence-electron chi connectivity index (χ2n) is 3.39. The number of benzene rings is 1. The van der Waals surface area contributed by atoms with E-state index in [9.17, 15) is 0 Å². The van der Waals surface area contributed by atoms with Crippen LogP contribution in [0.15, 0.2) is 48.8 Å². The van der Waals surface area contributed by atoms with Crippen molar-refractivity contribution in [2.75, 3.05) is 5.32 Å². The Bertz CT molecular complexity index is 604. The Morgan fingerprint density at radius 1 is 1.06 bits per heavy atom. The van der Waals surface area contributed by atoms with Crippen molar-refractivity contribution in [3.8, 4) is 0 Å². The maximum atomic E-state index is 4.39. The van der Waals surface area contributed by atoms with Gasteiger partial charge in [0.1, 0.15) is 0 Å². The van der Waals surface area contributed by atoms with Crippen molar-refractivity contribution in [1.29, 1.82) is 0 Å². The van der Waals surface area contributed by atoms with Crippen LogP contribution in [0.4, 0.5) is 11.5 Å². The number of pyridine rings is 1. The largest absolute Gasteiger partial charge is 0.338 e. The van der Waals surface area contributed by atoms with Crippen LogP contribution in [0.1, 0.15) is 0 Å². The first-order valence-corrected chi connectivity index (χ1v) is 5.72. The summed E-state index contributed by atoms with van der Waals surface area (Å²) >= 11 is 1.50. The van der Waals surface area contributed by atoms with E-state index in [4.69, 9.17) is 0 Å². The van der Waals surface area contributed by atoms with E-state index >= 15 is 0 Å². The molecule has 1 aromatic carbocycles. The monoisotopic (exact) mass is 227 g/mol. The molecule has 78 valence electrons. The van der Waals surface area contributed by atoms with Crippen LogP contribution in [0.2, 0.25) is 0 Å². The smallest absolute Gasteiger partial charge is 0.152 e. The quantitative estimate of drug-likeness (QED) is 0.728. The van der Waals surface area contributed by atoms with Crippen molar-refractivity contribution >= 4 is 33.1 Å². The van der Waals surface area contributed by atoms with E-state index in [1.807, 2.05) is 24.3 Å². The lowest BCUT2D eigenvalue weighted by atomic mass is 10.2. The van der Waals surface area contributed by atoms with Gasteiger partial charge in [0, 0.05) is 11.6 Å². The number of rotatable bonds is 2. The fourth-order valence-electron chi connectivity index (χ4n) is 1.55. The molecule has 2 aromatic heterocycles. The van der Waals surface area contributed by atoms with Gasteiger partial charge in [-0.3, -0.25) is 4.98 Å². The number of anilines is 2. The van der Waals surface area contributed by atoms with Gasteiger partial charge in [-0.05, 0) is 35.8 Å². The van der Waals surface area contributed by atoms with Crippen LogP contribution in [-0.2, 0) is 0 Å². The highest BCUT2D eigenvalue weighted by atomic mass is 32.1. The van der Waals surface area contributed by atoms with E-state index in [2.05, 4.69) is 26.8 Å². The zero-order chi connectivity index (χ0) is 10.8. The third-order valence-electron chi connectivity index (χ3n) is 2.30. The Morgan fingerprint density at radius 3 is 2.88 bits per heavy atom. The van der Waals surface area contributed by atoms with Crippen LogP contribution in [0, 0.1) is 0 Å². The molecule has 2 heterocycles. The SMILES string of the molecule is c1cncc(Nc2nsc3ccccc23)c1. The lowest BCUT2D eigenvalue weighted by Gasteiger charge is -2.01. The van der Waals surface area contributed by atoms with Gasteiger partial charge in [-0.2, -0.15) is 4.37 Å². The zero-order valence-electron chi connectivity index (χ0n) is 8.42. The van der Waals surface area contributed by atoms with E-state index < -0.39 is 0 Å². The molecule has 1 N–H and O–H groups in total. The molecule has 0 unspecified atom stereocenters. The van der Waals surface area contributed by atoms with Gasteiger partial charge in [-0.25, -0.2) is 0 Å². The van der Waals surface area contributed by atoms with Crippen molar-refractivity contribution in [2.45, 2.75) is 0 Å². The Hall–Kier alpha value is -1.94. The standard InChI is InChI=1S/C12H9N3S/c1-2-6-11-10(5-1)12(15-16-11)14-9-4-3-7-13-8-9/h1-8H,(H,14,15). The fraction of sp³-hybridized carbons (Fsp3) is 0. The van der Waals surface area contributed by atoms with Crippen LogP contribution in [-0.4, -0.2) is 9.36 Å². The molecule has 0 bridgehead atoms. The second-order valence-corrected chi connectivity index (χ2v) is 4.20. The first kappa shape index (κ1) is 9.30. The topological polar surface area (TPSA) is 37.8 Å². The molecule has 3 nitrogen and oxygen atoms in total. The number of nitrogens with zero attached hydrogens (tertiary/aromatic N) is 2. The van der Waals surface area contributed by atoms with E-state index in [1.165, 1.54) is 16.2 Å². The molecule has 0 saturated heterocycles. The molecule has 0 fully saturated rings. The summed E-state index contributed by atoms with van der Waals surface area (Å²) in [6, 6.07) is 12.1. The van der Waals surface area contributed by atoms with Crippen LogP contribution in [0.3, 0.4) is 0 Å². The van der Waals surface area contributed by atoms with E-state index in [-0.39, 0.29) is 0 Å². The third-order valence-corrected chi connectivity index (χ3v) is 3.13. The molecule has 3 aromatic rings. The van der Waals surface area contributed by atoms with E-state index in [0.717, 1.165) is 16.9 Å². The lowest BCUT2D eigenvalue weighted by Crippen LogP contribution is -1.90. The van der Waals surface area contributed by atoms with E-state index in [1.54, 1.807) is 12.4 Å². The summed E-state index contributed by atoms with van der Waals surface area (Å²) in [5, 5.41) is 4.41. The highest BCUT2D eigenvalue weighted by molar-refractivity contribution is 7.13. The molecule has 0 spiro atoms. The number of hydrogen-bond donors (Lipinski definition) is 1. The van der Waals surface area contributed by atoms with Gasteiger partial charge in [0.15, 0.2) is 5.82 Å². The normalized spacial score (nSPS) is 10.5. The van der Waals surface area contributed by atoms with E-state index in [0.29, 0.717) is 0 Å². The van der Waals surface area contributed by atoms with Gasteiger partial charge < -0.3 is 5.32 Å². The van der Waals surface area contributed by atoms with Gasteiger partial charge in [-0.1, -0.05) is 12.1 Å². The molecule has 0 aliphatic heterocycles. The van der Waals surface area contributed by atoms with Crippen LogP contribution >= 0.6 is 11.5 Å². The van der Waals surface area contributed by atoms with Gasteiger partial charge in [0.25, 0.3) is 0 Å². The highest BCUT2D eigenvalue weighted by Crippen LogP contribution is 2.28. The Balaban J connectivity index is 2.01. The molecule has 16 heavy (non-hydrogen) atoms. The minimum Gasteiger partial charge on any atom is -0.338 e. The van der Waals surface area contributed by atoms with Crippen molar-refractivity contribution in [3.63, 3.8) is 0 Å². The molecular formula is C12H9N3S. The maximum absolute atomic E-state index is 4.39. The lowest BCUT2D eigenvalue weighted by molar-refractivity contribution is 1.32. The minimum atomic E-state index is 0.897. The summed E-state index contributed by atoms with van der Waals surface area (Å²) < 4.78 is 5.58. The van der Waals surface area contributed by atoms with Crippen LogP contribution in [0.5, 0.6) is 0 Å². The van der Waals surface area contributed by atoms with Crippen LogP contribution in [0.25, 0.3) is 10.1 Å². The summed E-state index contributed by atoms with van der Waals surface area (Å²) in [7, 11) is 0. The first-order valence-electron chi connectivity index (χ1n) is 4.95. The average molecular weight is 227 g/mol. The summed E-state index contributed by atoms with van der Waals surface area (Å²) in [6.07, 6.45) is 3.54. The van der Waals surface area contributed by atoms with Gasteiger partial charge in [-0.15, -0.1) is 0 Å². The molecule has 0 atom stereocenters. The Labute approximate surface area is 96.9 Å². The maximum Gasteiger partial charge on any atom is 0.152 e. The molecule has 0 radical (unpaired) electrons. The molecule has 0 amide bonds. The molecule has 0 aliphatic carbocycles. The predicted octanol–water partition coefficient (Wildman–Crippen LogP) is 3.43. The Morgan fingerprint density at radius 2 is 2.00 bits per heavy atom. The summed E-state index contributed by atoms with van der Waals surface area (Å²) in [5.41, 5.74) is 0.957. The van der Waals surface area contributed by atoms with Crippen molar-refractivity contribution in [3.05, 3.63) is 48.8 Å². The second kappa shape index (κ2) is 3.90. The molecule has 3 rings (SSSR count). The van der Waals surface area contributed by atoms with Crippen LogP contribution < -0.4 is 5.32 Å². The van der Waals surface area contributed by atoms with Gasteiger partial charge in [0.2, 0.25) is 0 Å². The van der Waals surface area contributed by atoms with Gasteiger partial charge >= 0.3 is 0 Å². The number of fused-ring (bicyclic) bond motifs is 1. The molecular weight excluding hydrogens is 218 g/mol. The first-order chi connectivity index (χ1) is 7.93. The Kier molecular flexibility index (Phi) is 2.27. The van der Waals surface area contributed by atoms with Crippen molar-refractivity contribution < 1.29 is 0 Å². The number of hydrogen-bond acceptors (Lipinski definition) is 4. The minimum absolute atomic E-state index is 0.897. The van der Waals surface area contributed by atoms with Crippen molar-refractivity contribution in [2.24, 2.45) is 0 Å². The van der Waals surface area contributed by atoms with Crippen molar-refractivity contribution in [1.82, 2.24) is 9.36 Å². The summed E-state index contributed by atoms with van der Waals surface area (Å²) in [4.78, 5) is 4.06.